The fraction of sp³-hybridized carbons (Fsp3) is 0.400. The van der Waals surface area contributed by atoms with Gasteiger partial charge in [0.25, 0.3) is 0 Å². The summed E-state index contributed by atoms with van der Waals surface area (Å²) in [7, 11) is 0. The lowest BCUT2D eigenvalue weighted by Gasteiger charge is -2.19. The lowest BCUT2D eigenvalue weighted by atomic mass is 10.0. The van der Waals surface area contributed by atoms with Gasteiger partial charge in [0.1, 0.15) is 22.7 Å². The van der Waals surface area contributed by atoms with Gasteiger partial charge in [-0.05, 0) is 83.0 Å². The van der Waals surface area contributed by atoms with Crippen LogP contribution in [0.1, 0.15) is 51.9 Å². The van der Waals surface area contributed by atoms with Gasteiger partial charge in [-0.1, -0.05) is 12.1 Å². The van der Waals surface area contributed by atoms with Crippen LogP contribution in [-0.4, -0.2) is 47.4 Å². The van der Waals surface area contributed by atoms with E-state index in [0.717, 1.165) is 0 Å². The third-order valence-electron chi connectivity index (χ3n) is 3.89. The second-order valence-electron chi connectivity index (χ2n) is 9.33. The molecule has 0 atom stereocenters. The third-order valence-corrected chi connectivity index (χ3v) is 3.89. The number of carboxylic acids is 1. The van der Waals surface area contributed by atoms with Crippen LogP contribution in [-0.2, 0) is 19.1 Å². The first-order valence-electron chi connectivity index (χ1n) is 10.4. The van der Waals surface area contributed by atoms with Crippen LogP contribution in [0.5, 0.6) is 11.5 Å². The van der Waals surface area contributed by atoms with E-state index in [-0.39, 0.29) is 24.5 Å². The summed E-state index contributed by atoms with van der Waals surface area (Å²) in [4.78, 5) is 35.3. The van der Waals surface area contributed by atoms with Crippen molar-refractivity contribution < 1.29 is 38.4 Å². The van der Waals surface area contributed by atoms with E-state index in [0.29, 0.717) is 16.9 Å². The van der Waals surface area contributed by atoms with Crippen molar-refractivity contribution in [1.29, 1.82) is 0 Å². The van der Waals surface area contributed by atoms with E-state index in [1.165, 1.54) is 12.1 Å². The van der Waals surface area contributed by atoms with Crippen LogP contribution in [0.25, 0.3) is 11.1 Å². The van der Waals surface area contributed by atoms with Crippen LogP contribution < -0.4 is 9.47 Å². The van der Waals surface area contributed by atoms with Crippen molar-refractivity contribution in [2.75, 3.05) is 13.2 Å². The molecule has 178 valence electrons. The fourth-order valence-corrected chi connectivity index (χ4v) is 2.74. The Bertz CT molecular complexity index is 995. The molecule has 8 nitrogen and oxygen atoms in total. The highest BCUT2D eigenvalue weighted by Crippen LogP contribution is 2.28. The van der Waals surface area contributed by atoms with E-state index >= 15 is 0 Å². The monoisotopic (exact) mass is 458 g/mol. The SMILES string of the molecule is CC(C)(C)OC(=O)COc1ccc(-c2cc(OCC(=O)OC(C)(C)C)cc(C(=O)O)c2)cc1. The lowest BCUT2D eigenvalue weighted by Crippen LogP contribution is -2.27. The summed E-state index contributed by atoms with van der Waals surface area (Å²) in [5.41, 5.74) is 0.0411. The number of hydrogen-bond acceptors (Lipinski definition) is 7. The summed E-state index contributed by atoms with van der Waals surface area (Å²) < 4.78 is 21.3. The van der Waals surface area contributed by atoms with E-state index in [1.54, 1.807) is 71.9 Å². The number of rotatable bonds is 8. The van der Waals surface area contributed by atoms with Gasteiger partial charge in [-0.2, -0.15) is 0 Å². The van der Waals surface area contributed by atoms with E-state index in [4.69, 9.17) is 18.9 Å². The van der Waals surface area contributed by atoms with Crippen LogP contribution in [0.3, 0.4) is 0 Å². The van der Waals surface area contributed by atoms with Gasteiger partial charge >= 0.3 is 17.9 Å². The van der Waals surface area contributed by atoms with Gasteiger partial charge in [0.2, 0.25) is 0 Å². The van der Waals surface area contributed by atoms with Crippen LogP contribution in [0, 0.1) is 0 Å². The topological polar surface area (TPSA) is 108 Å². The van der Waals surface area contributed by atoms with Crippen LogP contribution in [0.4, 0.5) is 0 Å². The quantitative estimate of drug-likeness (QED) is 0.576. The predicted molar refractivity (Wildman–Crippen MR) is 122 cm³/mol. The van der Waals surface area contributed by atoms with Crippen LogP contribution >= 0.6 is 0 Å². The molecule has 0 radical (unpaired) electrons. The number of carbonyl (C=O) groups excluding carboxylic acids is 2. The second-order valence-corrected chi connectivity index (χ2v) is 9.33. The highest BCUT2D eigenvalue weighted by Gasteiger charge is 2.18. The van der Waals surface area contributed by atoms with Gasteiger partial charge in [0.05, 0.1) is 5.56 Å². The Morgan fingerprint density at radius 3 is 1.64 bits per heavy atom. The van der Waals surface area contributed by atoms with Gasteiger partial charge in [-0.3, -0.25) is 0 Å². The fourth-order valence-electron chi connectivity index (χ4n) is 2.74. The van der Waals surface area contributed by atoms with Crippen molar-refractivity contribution in [3.8, 4) is 22.6 Å². The first kappa shape index (κ1) is 25.7. The summed E-state index contributed by atoms with van der Waals surface area (Å²) >= 11 is 0. The zero-order chi connectivity index (χ0) is 24.8. The number of benzene rings is 2. The highest BCUT2D eigenvalue weighted by molar-refractivity contribution is 5.90. The summed E-state index contributed by atoms with van der Waals surface area (Å²) in [5.74, 6) is -1.48. The predicted octanol–water partition coefficient (Wildman–Crippen LogP) is 4.49. The minimum absolute atomic E-state index is 0.0111. The second kappa shape index (κ2) is 10.4. The minimum Gasteiger partial charge on any atom is -0.482 e. The Hall–Kier alpha value is -3.55. The molecule has 2 rings (SSSR count). The molecule has 1 N–H and O–H groups in total. The van der Waals surface area contributed by atoms with Gasteiger partial charge in [-0.25, -0.2) is 14.4 Å². The van der Waals surface area contributed by atoms with E-state index in [2.05, 4.69) is 0 Å². The lowest BCUT2D eigenvalue weighted by molar-refractivity contribution is -0.158. The average Bonchev–Trinajstić information content (AvgIpc) is 2.68. The zero-order valence-corrected chi connectivity index (χ0v) is 19.8. The van der Waals surface area contributed by atoms with Gasteiger partial charge in [-0.15, -0.1) is 0 Å². The van der Waals surface area contributed by atoms with Crippen LogP contribution in [0.15, 0.2) is 42.5 Å². The van der Waals surface area contributed by atoms with Crippen molar-refractivity contribution in [2.24, 2.45) is 0 Å². The molecule has 0 spiro atoms. The van der Waals surface area contributed by atoms with Gasteiger partial charge in [0.15, 0.2) is 13.2 Å². The largest absolute Gasteiger partial charge is 0.482 e. The maximum absolute atomic E-state index is 11.9. The average molecular weight is 459 g/mol. The van der Waals surface area contributed by atoms with E-state index < -0.39 is 29.1 Å². The number of carbonyl (C=O) groups is 3. The molecule has 0 unspecified atom stereocenters. The normalized spacial score (nSPS) is 11.5. The van der Waals surface area contributed by atoms with Crippen molar-refractivity contribution in [2.45, 2.75) is 52.7 Å². The molecular weight excluding hydrogens is 428 g/mol. The summed E-state index contributed by atoms with van der Waals surface area (Å²) in [6, 6.07) is 11.2. The molecule has 2 aromatic rings. The Labute approximate surface area is 193 Å². The minimum atomic E-state index is -1.13. The first-order valence-corrected chi connectivity index (χ1v) is 10.4. The maximum atomic E-state index is 11.9. The van der Waals surface area contributed by atoms with Crippen molar-refractivity contribution in [3.05, 3.63) is 48.0 Å². The molecule has 2 aromatic carbocycles. The molecule has 0 saturated heterocycles. The van der Waals surface area contributed by atoms with E-state index in [1.807, 2.05) is 0 Å². The Balaban J connectivity index is 2.12. The maximum Gasteiger partial charge on any atom is 0.344 e. The summed E-state index contributed by atoms with van der Waals surface area (Å²) in [5, 5.41) is 9.45. The van der Waals surface area contributed by atoms with Gasteiger partial charge < -0.3 is 24.1 Å². The van der Waals surface area contributed by atoms with E-state index in [9.17, 15) is 19.5 Å². The van der Waals surface area contributed by atoms with Crippen molar-refractivity contribution in [1.82, 2.24) is 0 Å². The zero-order valence-electron chi connectivity index (χ0n) is 19.8. The number of carboxylic acid groups (broad SMARTS) is 1. The molecule has 0 amide bonds. The molecular formula is C25H30O8. The summed E-state index contributed by atoms with van der Waals surface area (Å²) in [6.45, 7) is 9.98. The third kappa shape index (κ3) is 9.22. The standard InChI is InChI=1S/C25H30O8/c1-24(2,3)32-21(26)14-30-19-9-7-16(8-10-19)17-11-18(23(28)29)13-20(12-17)31-15-22(27)33-25(4,5)6/h7-13H,14-15H2,1-6H3,(H,28,29). The number of ether oxygens (including phenoxy) is 4. The number of hydrogen-bond donors (Lipinski definition) is 1. The van der Waals surface area contributed by atoms with Crippen molar-refractivity contribution in [3.63, 3.8) is 0 Å². The first-order chi connectivity index (χ1) is 15.2. The molecule has 0 aliphatic rings. The molecule has 0 aliphatic heterocycles. The smallest absolute Gasteiger partial charge is 0.344 e. The summed E-state index contributed by atoms with van der Waals surface area (Å²) in [6.07, 6.45) is 0. The van der Waals surface area contributed by atoms with Crippen molar-refractivity contribution >= 4 is 17.9 Å². The molecule has 0 aromatic heterocycles. The van der Waals surface area contributed by atoms with Crippen LogP contribution in [0.2, 0.25) is 0 Å². The Morgan fingerprint density at radius 2 is 1.18 bits per heavy atom. The Morgan fingerprint density at radius 1 is 0.697 bits per heavy atom. The molecule has 0 saturated carbocycles. The molecule has 8 heteroatoms. The highest BCUT2D eigenvalue weighted by atomic mass is 16.6. The molecule has 0 fully saturated rings. The Kier molecular flexibility index (Phi) is 8.08. The molecule has 0 heterocycles. The molecule has 0 aliphatic carbocycles. The molecule has 0 bridgehead atoms. The number of esters is 2. The molecule has 33 heavy (non-hydrogen) atoms. The van der Waals surface area contributed by atoms with Gasteiger partial charge in [0, 0.05) is 0 Å². The number of aromatic carboxylic acids is 1.